The molecule has 1 aromatic rings. The minimum absolute atomic E-state index is 0.0214. The summed E-state index contributed by atoms with van der Waals surface area (Å²) in [5, 5.41) is 1.05. The Kier molecular flexibility index (Phi) is 15.0. The van der Waals surface area contributed by atoms with E-state index in [4.69, 9.17) is 26.7 Å². The van der Waals surface area contributed by atoms with Gasteiger partial charge in [-0.1, -0.05) is 50.3 Å². The molecule has 0 aromatic heterocycles. The summed E-state index contributed by atoms with van der Waals surface area (Å²) < 4.78 is 34.0. The molecule has 14 nitrogen and oxygen atoms in total. The Morgan fingerprint density at radius 1 is 1.09 bits per heavy atom. The number of carbonyl (C=O) groups excluding carboxylic acids is 5. The van der Waals surface area contributed by atoms with Gasteiger partial charge in [-0.15, -0.1) is 0 Å². The van der Waals surface area contributed by atoms with Crippen LogP contribution in [0.4, 0.5) is 0 Å². The number of likely N-dealkylation sites (tertiary alicyclic amines) is 1. The van der Waals surface area contributed by atoms with Crippen molar-refractivity contribution in [1.29, 1.82) is 0 Å². The van der Waals surface area contributed by atoms with E-state index >= 15 is 0 Å². The highest BCUT2D eigenvalue weighted by Crippen LogP contribution is 2.32. The standard InChI is InChI=1S/C32H49N5O9S/c1-22(2)19-32(30(41)45-3,31(42)46-21-23-11-6-5-7-12-23)37(20-24(33)13-8-9-18-47(4,43)44)29(40)26-14-10-17-36(26)28(39)25(34)15-16-27(35)38/h5-7,9,11-12,18,22,24-26H,8,10,13-17,19-21,33-34H2,1-4H3,(H2,35,38)/b18-9+/t24?,25-,26-,32-/m0/s1. The maximum Gasteiger partial charge on any atom is 0.344 e. The molecular weight excluding hydrogens is 630 g/mol. The van der Waals surface area contributed by atoms with E-state index in [1.807, 2.05) is 0 Å². The van der Waals surface area contributed by atoms with Gasteiger partial charge in [0.25, 0.3) is 0 Å². The van der Waals surface area contributed by atoms with Gasteiger partial charge in [0.05, 0.1) is 13.2 Å². The van der Waals surface area contributed by atoms with Gasteiger partial charge in [0.15, 0.2) is 9.84 Å². The SMILES string of the molecule is COC(=O)[C@@](CC(C)C)(C(=O)OCc1ccccc1)N(CC(N)CC/C=C/S(C)(=O)=O)C(=O)[C@@H]1CCCN1C(=O)[C@@H](N)CCC(N)=O. The first-order chi connectivity index (χ1) is 22.0. The van der Waals surface area contributed by atoms with Crippen LogP contribution in [-0.2, 0) is 49.9 Å². The number of amides is 3. The van der Waals surface area contributed by atoms with Crippen LogP contribution < -0.4 is 17.2 Å². The lowest BCUT2D eigenvalue weighted by Gasteiger charge is -2.43. The summed E-state index contributed by atoms with van der Waals surface area (Å²) in [5.41, 5.74) is 16.2. The van der Waals surface area contributed by atoms with Gasteiger partial charge in [-0.3, -0.25) is 14.4 Å². The molecule has 1 saturated heterocycles. The van der Waals surface area contributed by atoms with E-state index in [0.717, 1.165) is 23.7 Å². The quantitative estimate of drug-likeness (QED) is 0.145. The number of carbonyl (C=O) groups is 5. The molecule has 1 aliphatic heterocycles. The van der Waals surface area contributed by atoms with Crippen LogP contribution >= 0.6 is 0 Å². The normalized spacial score (nSPS) is 17.6. The molecule has 47 heavy (non-hydrogen) atoms. The zero-order valence-corrected chi connectivity index (χ0v) is 28.4. The van der Waals surface area contributed by atoms with Crippen molar-refractivity contribution in [2.75, 3.05) is 26.5 Å². The molecule has 0 spiro atoms. The van der Waals surface area contributed by atoms with E-state index < -0.39 is 63.2 Å². The number of rotatable bonds is 18. The van der Waals surface area contributed by atoms with Crippen molar-refractivity contribution in [1.82, 2.24) is 9.80 Å². The average molecular weight is 680 g/mol. The molecule has 15 heteroatoms. The van der Waals surface area contributed by atoms with Crippen LogP contribution in [0.2, 0.25) is 0 Å². The predicted octanol–water partition coefficient (Wildman–Crippen LogP) is 0.766. The second kappa shape index (κ2) is 17.9. The predicted molar refractivity (Wildman–Crippen MR) is 174 cm³/mol. The largest absolute Gasteiger partial charge is 0.467 e. The second-order valence-electron chi connectivity index (χ2n) is 12.3. The minimum Gasteiger partial charge on any atom is -0.467 e. The summed E-state index contributed by atoms with van der Waals surface area (Å²) >= 11 is 0. The molecule has 1 heterocycles. The van der Waals surface area contributed by atoms with E-state index in [0.29, 0.717) is 12.0 Å². The van der Waals surface area contributed by atoms with Gasteiger partial charge in [0.1, 0.15) is 12.6 Å². The molecule has 1 aromatic carbocycles. The van der Waals surface area contributed by atoms with Gasteiger partial charge in [-0.05, 0) is 50.0 Å². The van der Waals surface area contributed by atoms with Crippen molar-refractivity contribution in [3.8, 4) is 0 Å². The van der Waals surface area contributed by atoms with Crippen LogP contribution in [-0.4, -0.2) is 98.0 Å². The summed E-state index contributed by atoms with van der Waals surface area (Å²) in [7, 11) is -2.27. The number of primary amides is 1. The van der Waals surface area contributed by atoms with E-state index in [-0.39, 0.29) is 64.1 Å². The monoisotopic (exact) mass is 679 g/mol. The fourth-order valence-corrected chi connectivity index (χ4v) is 6.08. The number of sulfone groups is 1. The van der Waals surface area contributed by atoms with Crippen molar-refractivity contribution in [2.24, 2.45) is 23.1 Å². The summed E-state index contributed by atoms with van der Waals surface area (Å²) in [6, 6.07) is 5.76. The molecule has 1 fully saturated rings. The molecule has 1 unspecified atom stereocenters. The highest BCUT2D eigenvalue weighted by atomic mass is 32.2. The Hall–Kier alpha value is -3.82. The molecule has 4 atom stereocenters. The number of nitrogens with two attached hydrogens (primary N) is 3. The second-order valence-corrected chi connectivity index (χ2v) is 14.2. The van der Waals surface area contributed by atoms with Gasteiger partial charge in [-0.25, -0.2) is 18.0 Å². The van der Waals surface area contributed by atoms with E-state index in [9.17, 15) is 32.4 Å². The fourth-order valence-electron chi connectivity index (χ4n) is 5.60. The maximum atomic E-state index is 14.6. The number of benzene rings is 1. The van der Waals surface area contributed by atoms with Gasteiger partial charge in [-0.2, -0.15) is 0 Å². The van der Waals surface area contributed by atoms with Crippen LogP contribution in [0.5, 0.6) is 0 Å². The Morgan fingerprint density at radius 3 is 2.32 bits per heavy atom. The third kappa shape index (κ3) is 11.4. The van der Waals surface area contributed by atoms with E-state index in [1.165, 1.54) is 11.0 Å². The van der Waals surface area contributed by atoms with E-state index in [1.54, 1.807) is 44.2 Å². The number of esters is 2. The van der Waals surface area contributed by atoms with Crippen molar-refractivity contribution >= 4 is 39.5 Å². The van der Waals surface area contributed by atoms with Gasteiger partial charge >= 0.3 is 11.9 Å². The molecule has 2 rings (SSSR count). The lowest BCUT2D eigenvalue weighted by Crippen LogP contribution is -2.68. The average Bonchev–Trinajstić information content (AvgIpc) is 3.51. The highest BCUT2D eigenvalue weighted by molar-refractivity contribution is 7.93. The third-order valence-electron chi connectivity index (χ3n) is 7.81. The molecule has 0 aliphatic carbocycles. The minimum atomic E-state index is -3.37. The van der Waals surface area contributed by atoms with Crippen molar-refractivity contribution in [3.63, 3.8) is 0 Å². The lowest BCUT2D eigenvalue weighted by atomic mass is 9.85. The first kappa shape index (κ1) is 39.4. The van der Waals surface area contributed by atoms with Crippen LogP contribution in [0.1, 0.15) is 64.4 Å². The maximum absolute atomic E-state index is 14.6. The fraction of sp³-hybridized carbons (Fsp3) is 0.594. The number of nitrogens with zero attached hydrogens (tertiary/aromatic N) is 2. The topological polar surface area (TPSA) is 222 Å². The van der Waals surface area contributed by atoms with Gasteiger partial charge in [0, 0.05) is 37.2 Å². The number of allylic oxidation sites excluding steroid dienone is 1. The van der Waals surface area contributed by atoms with E-state index in [2.05, 4.69) is 0 Å². The van der Waals surface area contributed by atoms with Gasteiger partial charge < -0.3 is 36.5 Å². The molecule has 1 aliphatic rings. The lowest BCUT2D eigenvalue weighted by molar-refractivity contribution is -0.182. The Bertz CT molecular complexity index is 1390. The number of hydrogen-bond donors (Lipinski definition) is 3. The first-order valence-electron chi connectivity index (χ1n) is 15.6. The van der Waals surface area contributed by atoms with Crippen molar-refractivity contribution < 1.29 is 41.9 Å². The number of hydrogen-bond acceptors (Lipinski definition) is 11. The Morgan fingerprint density at radius 2 is 1.74 bits per heavy atom. The number of ether oxygens (including phenoxy) is 2. The Labute approximate surface area is 276 Å². The summed E-state index contributed by atoms with van der Waals surface area (Å²) in [6.45, 7) is 3.21. The Balaban J connectivity index is 2.59. The molecule has 3 amide bonds. The molecule has 0 radical (unpaired) electrons. The first-order valence-corrected chi connectivity index (χ1v) is 17.6. The van der Waals surface area contributed by atoms with Crippen LogP contribution in [0.15, 0.2) is 41.8 Å². The zero-order valence-electron chi connectivity index (χ0n) is 27.6. The van der Waals surface area contributed by atoms with Crippen molar-refractivity contribution in [3.05, 3.63) is 47.4 Å². The highest BCUT2D eigenvalue weighted by Gasteiger charge is 2.57. The zero-order chi connectivity index (χ0) is 35.4. The molecule has 0 saturated carbocycles. The summed E-state index contributed by atoms with van der Waals surface area (Å²) in [5.74, 6) is -4.30. The summed E-state index contributed by atoms with van der Waals surface area (Å²) in [6.07, 6.45) is 3.23. The van der Waals surface area contributed by atoms with Crippen LogP contribution in [0.3, 0.4) is 0 Å². The summed E-state index contributed by atoms with van der Waals surface area (Å²) in [4.78, 5) is 69.7. The smallest absolute Gasteiger partial charge is 0.344 e. The van der Waals surface area contributed by atoms with Crippen molar-refractivity contribution in [2.45, 2.75) is 89.1 Å². The van der Waals surface area contributed by atoms with Crippen LogP contribution in [0, 0.1) is 5.92 Å². The molecular formula is C32H49N5O9S. The third-order valence-corrected chi connectivity index (χ3v) is 8.50. The van der Waals surface area contributed by atoms with Gasteiger partial charge in [0.2, 0.25) is 23.3 Å². The molecule has 262 valence electrons. The van der Waals surface area contributed by atoms with Crippen LogP contribution in [0.25, 0.3) is 0 Å². The number of methoxy groups -OCH3 is 1. The molecule has 0 bridgehead atoms. The molecule has 6 N–H and O–H groups in total.